The first-order valence-electron chi connectivity index (χ1n) is 5.91. The van der Waals surface area contributed by atoms with Gasteiger partial charge in [-0.25, -0.2) is 4.98 Å². The van der Waals surface area contributed by atoms with Crippen molar-refractivity contribution >= 4 is 17.9 Å². The lowest BCUT2D eigenvalue weighted by molar-refractivity contribution is 0.102. The second-order valence-electron chi connectivity index (χ2n) is 4.34. The van der Waals surface area contributed by atoms with Crippen molar-refractivity contribution in [2.75, 3.05) is 5.32 Å². The third-order valence-corrected chi connectivity index (χ3v) is 2.77. The van der Waals surface area contributed by atoms with Gasteiger partial charge in [-0.15, -0.1) is 0 Å². The molecule has 0 aliphatic carbocycles. The first kappa shape index (κ1) is 13.0. The molecule has 0 bridgehead atoms. The molecule has 0 saturated carbocycles. The molecule has 0 unspecified atom stereocenters. The van der Waals surface area contributed by atoms with Crippen LogP contribution in [0.15, 0.2) is 36.4 Å². The predicted octanol–water partition coefficient (Wildman–Crippen LogP) is 2.76. The molecule has 1 amide bonds. The summed E-state index contributed by atoms with van der Waals surface area (Å²) in [6.07, 6.45) is 0.620. The number of nitrogens with zero attached hydrogens (tertiary/aromatic N) is 1. The number of carbonyl (C=O) groups excluding carboxylic acids is 2. The molecule has 0 atom stereocenters. The summed E-state index contributed by atoms with van der Waals surface area (Å²) < 4.78 is 0. The largest absolute Gasteiger partial charge is 0.320 e. The van der Waals surface area contributed by atoms with Crippen LogP contribution in [0.4, 0.5) is 5.69 Å². The van der Waals surface area contributed by atoms with Gasteiger partial charge in [0, 0.05) is 5.69 Å². The van der Waals surface area contributed by atoms with E-state index in [0.29, 0.717) is 6.29 Å². The number of aromatic nitrogens is 1. The van der Waals surface area contributed by atoms with E-state index in [0.717, 1.165) is 16.8 Å². The normalized spacial score (nSPS) is 10.0. The van der Waals surface area contributed by atoms with Gasteiger partial charge >= 0.3 is 0 Å². The van der Waals surface area contributed by atoms with E-state index in [1.807, 2.05) is 32.0 Å². The van der Waals surface area contributed by atoms with Gasteiger partial charge in [0.05, 0.1) is 0 Å². The van der Waals surface area contributed by atoms with Crippen LogP contribution < -0.4 is 5.32 Å². The highest BCUT2D eigenvalue weighted by molar-refractivity contribution is 6.03. The Morgan fingerprint density at radius 2 is 2.00 bits per heavy atom. The number of pyridine rings is 1. The minimum atomic E-state index is -0.322. The van der Waals surface area contributed by atoms with Gasteiger partial charge < -0.3 is 5.32 Å². The molecule has 0 aliphatic rings. The summed E-state index contributed by atoms with van der Waals surface area (Å²) in [5.41, 5.74) is 3.27. The summed E-state index contributed by atoms with van der Waals surface area (Å²) in [4.78, 5) is 26.7. The molecule has 2 aromatic rings. The van der Waals surface area contributed by atoms with E-state index in [-0.39, 0.29) is 17.3 Å². The van der Waals surface area contributed by atoms with Crippen molar-refractivity contribution < 1.29 is 9.59 Å². The van der Waals surface area contributed by atoms with Crippen LogP contribution in [0.2, 0.25) is 0 Å². The Morgan fingerprint density at radius 1 is 1.21 bits per heavy atom. The molecule has 2 rings (SSSR count). The average Bonchev–Trinajstić information content (AvgIpc) is 2.43. The van der Waals surface area contributed by atoms with Crippen molar-refractivity contribution in [1.29, 1.82) is 0 Å². The summed E-state index contributed by atoms with van der Waals surface area (Å²) >= 11 is 0. The minimum Gasteiger partial charge on any atom is -0.320 e. The van der Waals surface area contributed by atoms with Gasteiger partial charge in [0.15, 0.2) is 6.29 Å². The Labute approximate surface area is 111 Å². The number of rotatable bonds is 3. The van der Waals surface area contributed by atoms with Gasteiger partial charge in [0.2, 0.25) is 0 Å². The molecule has 0 fully saturated rings. The summed E-state index contributed by atoms with van der Waals surface area (Å²) in [5, 5.41) is 2.80. The highest BCUT2D eigenvalue weighted by atomic mass is 16.2. The van der Waals surface area contributed by atoms with Crippen molar-refractivity contribution in [3.8, 4) is 0 Å². The van der Waals surface area contributed by atoms with Crippen molar-refractivity contribution in [3.63, 3.8) is 0 Å². The standard InChI is InChI=1S/C15H14N2O2/c1-10-6-7-11(2)14(8-10)17-15(19)13-5-3-4-12(9-18)16-13/h3-9H,1-2H3,(H,17,19). The summed E-state index contributed by atoms with van der Waals surface area (Å²) in [6.45, 7) is 3.88. The highest BCUT2D eigenvalue weighted by Crippen LogP contribution is 2.17. The fourth-order valence-electron chi connectivity index (χ4n) is 1.70. The van der Waals surface area contributed by atoms with Crippen LogP contribution in [-0.2, 0) is 0 Å². The minimum absolute atomic E-state index is 0.227. The average molecular weight is 254 g/mol. The van der Waals surface area contributed by atoms with Gasteiger partial charge in [-0.2, -0.15) is 0 Å². The Balaban J connectivity index is 2.25. The maximum atomic E-state index is 12.1. The van der Waals surface area contributed by atoms with Gasteiger partial charge in [-0.3, -0.25) is 9.59 Å². The number of benzene rings is 1. The zero-order valence-corrected chi connectivity index (χ0v) is 10.8. The number of amides is 1. The van der Waals surface area contributed by atoms with Crippen molar-refractivity contribution in [3.05, 3.63) is 58.9 Å². The van der Waals surface area contributed by atoms with Crippen molar-refractivity contribution in [1.82, 2.24) is 4.98 Å². The van der Waals surface area contributed by atoms with Crippen LogP contribution in [0.3, 0.4) is 0 Å². The highest BCUT2D eigenvalue weighted by Gasteiger charge is 2.09. The second kappa shape index (κ2) is 5.44. The maximum absolute atomic E-state index is 12.1. The number of nitrogens with one attached hydrogen (secondary N) is 1. The first-order chi connectivity index (χ1) is 9.10. The monoisotopic (exact) mass is 254 g/mol. The van der Waals surface area contributed by atoms with Crippen molar-refractivity contribution in [2.45, 2.75) is 13.8 Å². The fraction of sp³-hybridized carbons (Fsp3) is 0.133. The number of hydrogen-bond donors (Lipinski definition) is 1. The Bertz CT molecular complexity index is 636. The van der Waals surface area contributed by atoms with E-state index in [4.69, 9.17) is 0 Å². The molecular weight excluding hydrogens is 240 g/mol. The van der Waals surface area contributed by atoms with Crippen LogP contribution in [-0.4, -0.2) is 17.2 Å². The summed E-state index contributed by atoms with van der Waals surface area (Å²) in [5.74, 6) is -0.322. The lowest BCUT2D eigenvalue weighted by Crippen LogP contribution is -2.15. The zero-order chi connectivity index (χ0) is 13.8. The first-order valence-corrected chi connectivity index (χ1v) is 5.91. The molecule has 0 saturated heterocycles. The molecule has 1 N–H and O–H groups in total. The van der Waals surface area contributed by atoms with E-state index >= 15 is 0 Å². The molecule has 4 nitrogen and oxygen atoms in total. The van der Waals surface area contributed by atoms with Crippen LogP contribution in [0.5, 0.6) is 0 Å². The second-order valence-corrected chi connectivity index (χ2v) is 4.34. The fourth-order valence-corrected chi connectivity index (χ4v) is 1.70. The predicted molar refractivity (Wildman–Crippen MR) is 73.5 cm³/mol. The van der Waals surface area contributed by atoms with Crippen molar-refractivity contribution in [2.24, 2.45) is 0 Å². The third-order valence-electron chi connectivity index (χ3n) is 2.77. The van der Waals surface area contributed by atoms with Gasteiger partial charge in [-0.1, -0.05) is 18.2 Å². The third kappa shape index (κ3) is 3.04. The number of aldehydes is 1. The quantitative estimate of drug-likeness (QED) is 0.857. The Kier molecular flexibility index (Phi) is 3.71. The molecule has 19 heavy (non-hydrogen) atoms. The van der Waals surface area contributed by atoms with Gasteiger partial charge in [0.1, 0.15) is 11.4 Å². The van der Waals surface area contributed by atoms with E-state index < -0.39 is 0 Å². The number of hydrogen-bond acceptors (Lipinski definition) is 3. The molecule has 96 valence electrons. The van der Waals surface area contributed by atoms with E-state index in [2.05, 4.69) is 10.3 Å². The topological polar surface area (TPSA) is 59.1 Å². The van der Waals surface area contributed by atoms with Crippen LogP contribution in [0, 0.1) is 13.8 Å². The Morgan fingerprint density at radius 3 is 2.74 bits per heavy atom. The molecule has 0 spiro atoms. The summed E-state index contributed by atoms with van der Waals surface area (Å²) in [6, 6.07) is 10.6. The smallest absolute Gasteiger partial charge is 0.274 e. The number of carbonyl (C=O) groups is 2. The number of aryl methyl sites for hydroxylation is 2. The Hall–Kier alpha value is -2.49. The van der Waals surface area contributed by atoms with Crippen LogP contribution in [0.25, 0.3) is 0 Å². The molecule has 0 aliphatic heterocycles. The number of anilines is 1. The van der Waals surface area contributed by atoms with Gasteiger partial charge in [-0.05, 0) is 43.2 Å². The van der Waals surface area contributed by atoms with E-state index in [9.17, 15) is 9.59 Å². The molecular formula is C15H14N2O2. The summed E-state index contributed by atoms with van der Waals surface area (Å²) in [7, 11) is 0. The van der Waals surface area contributed by atoms with Crippen LogP contribution >= 0.6 is 0 Å². The molecule has 1 aromatic heterocycles. The van der Waals surface area contributed by atoms with E-state index in [1.54, 1.807) is 18.2 Å². The zero-order valence-electron chi connectivity index (χ0n) is 10.8. The van der Waals surface area contributed by atoms with Gasteiger partial charge in [0.25, 0.3) is 5.91 Å². The lowest BCUT2D eigenvalue weighted by Gasteiger charge is -2.09. The molecule has 1 heterocycles. The van der Waals surface area contributed by atoms with E-state index in [1.165, 1.54) is 0 Å². The SMILES string of the molecule is Cc1ccc(C)c(NC(=O)c2cccc(C=O)n2)c1. The lowest BCUT2D eigenvalue weighted by atomic mass is 10.1. The molecule has 4 heteroatoms. The maximum Gasteiger partial charge on any atom is 0.274 e. The molecule has 1 aromatic carbocycles. The van der Waals surface area contributed by atoms with Crippen LogP contribution in [0.1, 0.15) is 32.1 Å². The molecule has 0 radical (unpaired) electrons.